The first-order valence-corrected chi connectivity index (χ1v) is 10.7. The van der Waals surface area contributed by atoms with E-state index in [1.165, 1.54) is 6.07 Å². The van der Waals surface area contributed by atoms with Gasteiger partial charge in [0.05, 0.1) is 0 Å². The number of nitrogens with one attached hydrogen (secondary N) is 3. The minimum atomic E-state index is -0.303. The molecule has 1 saturated heterocycles. The Hall–Kier alpha value is -2.43. The molecule has 0 aliphatic carbocycles. The third kappa shape index (κ3) is 7.04. The molecule has 2 heterocycles. The van der Waals surface area contributed by atoms with Crippen LogP contribution in [0.1, 0.15) is 42.6 Å². The zero-order valence-corrected chi connectivity index (χ0v) is 21.1. The number of nitrogens with zero attached hydrogens (tertiary/aromatic N) is 3. The minimum Gasteiger partial charge on any atom is -0.352 e. The molecule has 1 fully saturated rings. The Bertz CT molecular complexity index is 925. The van der Waals surface area contributed by atoms with E-state index in [1.807, 2.05) is 43.0 Å². The van der Waals surface area contributed by atoms with Crippen LogP contribution in [0.4, 0.5) is 10.2 Å². The molecule has 32 heavy (non-hydrogen) atoms. The van der Waals surface area contributed by atoms with Gasteiger partial charge in [0, 0.05) is 50.5 Å². The van der Waals surface area contributed by atoms with Crippen molar-refractivity contribution < 1.29 is 9.18 Å². The van der Waals surface area contributed by atoms with E-state index >= 15 is 0 Å². The summed E-state index contributed by atoms with van der Waals surface area (Å²) in [6.45, 7) is 5.96. The number of halogens is 2. The summed E-state index contributed by atoms with van der Waals surface area (Å²) in [5, 5.41) is 9.68. The van der Waals surface area contributed by atoms with Crippen molar-refractivity contribution in [3.05, 3.63) is 59.5 Å². The molecule has 0 spiro atoms. The van der Waals surface area contributed by atoms with Crippen LogP contribution in [0.3, 0.4) is 0 Å². The fourth-order valence-electron chi connectivity index (χ4n) is 3.49. The average molecular weight is 554 g/mol. The molecule has 3 N–H and O–H groups in total. The Morgan fingerprint density at radius 3 is 2.88 bits per heavy atom. The molecule has 2 atom stereocenters. The van der Waals surface area contributed by atoms with Crippen LogP contribution in [0, 0.1) is 5.82 Å². The van der Waals surface area contributed by atoms with E-state index in [1.54, 1.807) is 19.3 Å². The lowest BCUT2D eigenvalue weighted by Crippen LogP contribution is -2.44. The number of aromatic nitrogens is 1. The molecule has 7 nitrogen and oxygen atoms in total. The maximum atomic E-state index is 14.0. The fraction of sp³-hybridized carbons (Fsp3) is 0.435. The fourth-order valence-corrected chi connectivity index (χ4v) is 3.49. The Kier molecular flexibility index (Phi) is 10.1. The first-order chi connectivity index (χ1) is 15.0. The molecule has 1 aromatic carbocycles. The summed E-state index contributed by atoms with van der Waals surface area (Å²) >= 11 is 0. The molecule has 9 heteroatoms. The zero-order valence-electron chi connectivity index (χ0n) is 18.8. The van der Waals surface area contributed by atoms with Crippen molar-refractivity contribution in [1.82, 2.24) is 20.9 Å². The van der Waals surface area contributed by atoms with Crippen LogP contribution in [0.25, 0.3) is 0 Å². The summed E-state index contributed by atoms with van der Waals surface area (Å²) in [5.41, 5.74) is 1.63. The largest absolute Gasteiger partial charge is 0.352 e. The smallest absolute Gasteiger partial charge is 0.251 e. The molecule has 1 aliphatic heterocycles. The highest BCUT2D eigenvalue weighted by Gasteiger charge is 2.25. The van der Waals surface area contributed by atoms with Crippen molar-refractivity contribution in [1.29, 1.82) is 0 Å². The molecule has 1 aliphatic rings. The highest BCUT2D eigenvalue weighted by Crippen LogP contribution is 2.20. The first-order valence-electron chi connectivity index (χ1n) is 10.7. The lowest BCUT2D eigenvalue weighted by Gasteiger charge is -2.20. The summed E-state index contributed by atoms with van der Waals surface area (Å²) < 4.78 is 14.0. The van der Waals surface area contributed by atoms with E-state index in [9.17, 15) is 9.18 Å². The lowest BCUT2D eigenvalue weighted by molar-refractivity contribution is 0.0939. The summed E-state index contributed by atoms with van der Waals surface area (Å²) in [6, 6.07) is 10.9. The second-order valence-electron chi connectivity index (χ2n) is 7.79. The Morgan fingerprint density at radius 1 is 1.34 bits per heavy atom. The number of rotatable bonds is 7. The number of anilines is 1. The molecular formula is C23H32FIN6O. The second kappa shape index (κ2) is 12.6. The highest BCUT2D eigenvalue weighted by atomic mass is 127. The van der Waals surface area contributed by atoms with Gasteiger partial charge in [-0.05, 0) is 49.6 Å². The van der Waals surface area contributed by atoms with E-state index in [0.717, 1.165) is 24.9 Å². The van der Waals surface area contributed by atoms with Gasteiger partial charge in [-0.1, -0.05) is 19.1 Å². The summed E-state index contributed by atoms with van der Waals surface area (Å²) in [5.74, 6) is 0.694. The van der Waals surface area contributed by atoms with Crippen LogP contribution in [0.2, 0.25) is 0 Å². The van der Waals surface area contributed by atoms with Gasteiger partial charge in [-0.3, -0.25) is 9.79 Å². The van der Waals surface area contributed by atoms with E-state index in [2.05, 4.69) is 25.9 Å². The third-order valence-corrected chi connectivity index (χ3v) is 5.43. The third-order valence-electron chi connectivity index (χ3n) is 5.43. The quantitative estimate of drug-likeness (QED) is 0.278. The standard InChI is InChI=1S/C23H31FN6O.HI/c1-4-16(2)28-22(31)18-8-5-7-17(13-18)14-27-23(25-3)29-19-10-12-30(15-19)21-20(24)9-6-11-26-21;/h5-9,11,13,16,19H,4,10,12,14-15H2,1-3H3,(H,28,31)(H2,25,27,29);1H. The van der Waals surface area contributed by atoms with Crippen molar-refractivity contribution >= 4 is 41.7 Å². The van der Waals surface area contributed by atoms with Gasteiger partial charge in [-0.25, -0.2) is 9.37 Å². The number of benzene rings is 1. The van der Waals surface area contributed by atoms with Gasteiger partial charge in [0.15, 0.2) is 17.6 Å². The van der Waals surface area contributed by atoms with Crippen LogP contribution in [0.15, 0.2) is 47.6 Å². The van der Waals surface area contributed by atoms with Crippen molar-refractivity contribution in [2.45, 2.75) is 45.3 Å². The Balaban J connectivity index is 0.00000363. The zero-order chi connectivity index (χ0) is 22.2. The normalized spacial score (nSPS) is 16.8. The number of pyridine rings is 1. The van der Waals surface area contributed by atoms with Gasteiger partial charge in [-0.15, -0.1) is 24.0 Å². The highest BCUT2D eigenvalue weighted by molar-refractivity contribution is 14.0. The summed E-state index contributed by atoms with van der Waals surface area (Å²) in [4.78, 5) is 22.8. The first kappa shape index (κ1) is 25.8. The van der Waals surface area contributed by atoms with Gasteiger partial charge in [0.1, 0.15) is 0 Å². The molecule has 2 unspecified atom stereocenters. The Morgan fingerprint density at radius 2 is 2.16 bits per heavy atom. The molecule has 2 aromatic rings. The number of carbonyl (C=O) groups is 1. The van der Waals surface area contributed by atoms with Crippen molar-refractivity contribution in [3.8, 4) is 0 Å². The molecule has 0 radical (unpaired) electrons. The maximum Gasteiger partial charge on any atom is 0.251 e. The maximum absolute atomic E-state index is 14.0. The number of aliphatic imine (C=N–C) groups is 1. The predicted molar refractivity (Wildman–Crippen MR) is 137 cm³/mol. The number of hydrogen-bond acceptors (Lipinski definition) is 4. The molecule has 0 saturated carbocycles. The van der Waals surface area contributed by atoms with E-state index in [-0.39, 0.29) is 47.8 Å². The van der Waals surface area contributed by atoms with Crippen molar-refractivity contribution in [3.63, 3.8) is 0 Å². The number of amides is 1. The molecule has 0 bridgehead atoms. The van der Waals surface area contributed by atoms with Crippen molar-refractivity contribution in [2.75, 3.05) is 25.0 Å². The van der Waals surface area contributed by atoms with Gasteiger partial charge >= 0.3 is 0 Å². The molecule has 3 rings (SSSR count). The van der Waals surface area contributed by atoms with Gasteiger partial charge in [0.2, 0.25) is 0 Å². The topological polar surface area (TPSA) is 81.6 Å². The predicted octanol–water partition coefficient (Wildman–Crippen LogP) is 3.31. The van der Waals surface area contributed by atoms with Crippen LogP contribution in [0.5, 0.6) is 0 Å². The van der Waals surface area contributed by atoms with Crippen LogP contribution >= 0.6 is 24.0 Å². The van der Waals surface area contributed by atoms with E-state index < -0.39 is 0 Å². The average Bonchev–Trinajstić information content (AvgIpc) is 3.25. The van der Waals surface area contributed by atoms with Crippen LogP contribution < -0.4 is 20.9 Å². The number of guanidine groups is 1. The Labute approximate surface area is 206 Å². The molecular weight excluding hydrogens is 522 g/mol. The molecule has 1 amide bonds. The van der Waals surface area contributed by atoms with Gasteiger partial charge < -0.3 is 20.9 Å². The SMILES string of the molecule is CCC(C)NC(=O)c1cccc(CNC(=NC)NC2CCN(c3ncccc3F)C2)c1.I. The van der Waals surface area contributed by atoms with Crippen LogP contribution in [-0.2, 0) is 6.54 Å². The van der Waals surface area contributed by atoms with Gasteiger partial charge in [0.25, 0.3) is 5.91 Å². The van der Waals surface area contributed by atoms with E-state index in [0.29, 0.717) is 30.4 Å². The minimum absolute atomic E-state index is 0. The molecule has 174 valence electrons. The van der Waals surface area contributed by atoms with Crippen LogP contribution in [-0.4, -0.2) is 49.1 Å². The lowest BCUT2D eigenvalue weighted by atomic mass is 10.1. The summed E-state index contributed by atoms with van der Waals surface area (Å²) in [6.07, 6.45) is 3.36. The second-order valence-corrected chi connectivity index (χ2v) is 7.79. The number of carbonyl (C=O) groups excluding carboxylic acids is 1. The molecule has 1 aromatic heterocycles. The van der Waals surface area contributed by atoms with E-state index in [4.69, 9.17) is 0 Å². The van der Waals surface area contributed by atoms with Crippen molar-refractivity contribution in [2.24, 2.45) is 4.99 Å². The monoisotopic (exact) mass is 554 g/mol. The van der Waals surface area contributed by atoms with Gasteiger partial charge in [-0.2, -0.15) is 0 Å². The number of hydrogen-bond donors (Lipinski definition) is 3. The summed E-state index contributed by atoms with van der Waals surface area (Å²) in [7, 11) is 1.72.